The van der Waals surface area contributed by atoms with Crippen molar-refractivity contribution in [2.75, 3.05) is 19.6 Å². The van der Waals surface area contributed by atoms with E-state index in [1.165, 1.54) is 4.90 Å². The molecule has 2 heterocycles. The molecule has 5 amide bonds. The van der Waals surface area contributed by atoms with Crippen molar-refractivity contribution in [2.24, 2.45) is 0 Å². The van der Waals surface area contributed by atoms with Crippen molar-refractivity contribution in [2.45, 2.75) is 32.4 Å². The monoisotopic (exact) mass is 358 g/mol. The van der Waals surface area contributed by atoms with Gasteiger partial charge >= 0.3 is 6.03 Å². The Morgan fingerprint density at radius 1 is 1.23 bits per heavy atom. The normalized spacial score (nSPS) is 20.2. The third kappa shape index (κ3) is 4.19. The standard InChI is InChI=1S/C18H22N4O4/c1-12-3-2-4-13(9-12)10-21-7-8-22(11-16(21)24)15(23)6-5-14-17(25)20-18(26)19-14/h2-4,9,14H,5-8,10-11H2,1H3,(H2,19,20,25,26)/t14-/m0/s1. The van der Waals surface area contributed by atoms with Gasteiger partial charge in [0.1, 0.15) is 6.04 Å². The largest absolute Gasteiger partial charge is 0.335 e. The summed E-state index contributed by atoms with van der Waals surface area (Å²) in [6.45, 7) is 3.55. The molecule has 0 unspecified atom stereocenters. The highest BCUT2D eigenvalue weighted by atomic mass is 16.2. The SMILES string of the molecule is Cc1cccc(CN2CCN(C(=O)CC[C@@H]3NC(=O)NC3=O)CC2=O)c1. The van der Waals surface area contributed by atoms with Gasteiger partial charge in [-0.3, -0.25) is 19.7 Å². The van der Waals surface area contributed by atoms with Crippen molar-refractivity contribution in [1.82, 2.24) is 20.4 Å². The molecule has 1 atom stereocenters. The van der Waals surface area contributed by atoms with Crippen LogP contribution in [-0.2, 0) is 20.9 Å². The van der Waals surface area contributed by atoms with Gasteiger partial charge in [-0.05, 0) is 18.9 Å². The van der Waals surface area contributed by atoms with Crippen LogP contribution in [0.2, 0.25) is 0 Å². The first-order valence-electron chi connectivity index (χ1n) is 8.65. The lowest BCUT2D eigenvalue weighted by molar-refractivity contribution is -0.145. The van der Waals surface area contributed by atoms with Gasteiger partial charge < -0.3 is 15.1 Å². The zero-order valence-corrected chi connectivity index (χ0v) is 14.7. The molecule has 1 aromatic rings. The maximum Gasteiger partial charge on any atom is 0.322 e. The van der Waals surface area contributed by atoms with E-state index in [0.717, 1.165) is 11.1 Å². The molecule has 0 radical (unpaired) electrons. The second kappa shape index (κ2) is 7.55. The number of aryl methyl sites for hydroxylation is 1. The average Bonchev–Trinajstić information content (AvgIpc) is 2.92. The fourth-order valence-corrected chi connectivity index (χ4v) is 3.21. The van der Waals surface area contributed by atoms with Crippen molar-refractivity contribution in [1.29, 1.82) is 0 Å². The van der Waals surface area contributed by atoms with Gasteiger partial charge in [0.25, 0.3) is 5.91 Å². The number of carbonyl (C=O) groups excluding carboxylic acids is 4. The van der Waals surface area contributed by atoms with Gasteiger partial charge in [0.15, 0.2) is 0 Å². The van der Waals surface area contributed by atoms with Crippen LogP contribution in [0.4, 0.5) is 4.79 Å². The Hall–Kier alpha value is -2.90. The van der Waals surface area contributed by atoms with Crippen LogP contribution in [0.3, 0.4) is 0 Å². The molecular formula is C18H22N4O4. The quantitative estimate of drug-likeness (QED) is 0.732. The van der Waals surface area contributed by atoms with Crippen LogP contribution in [0, 0.1) is 6.92 Å². The number of hydrogen-bond acceptors (Lipinski definition) is 4. The molecule has 2 saturated heterocycles. The third-order valence-electron chi connectivity index (χ3n) is 4.63. The average molecular weight is 358 g/mol. The molecule has 2 aliphatic rings. The first kappa shape index (κ1) is 17.9. The summed E-state index contributed by atoms with van der Waals surface area (Å²) in [6.07, 6.45) is 0.345. The molecule has 0 bridgehead atoms. The Morgan fingerprint density at radius 2 is 2.04 bits per heavy atom. The number of urea groups is 1. The fraction of sp³-hybridized carbons (Fsp3) is 0.444. The number of piperazine rings is 1. The molecule has 8 heteroatoms. The van der Waals surface area contributed by atoms with E-state index in [2.05, 4.69) is 10.6 Å². The van der Waals surface area contributed by atoms with Crippen molar-refractivity contribution in [3.05, 3.63) is 35.4 Å². The molecule has 2 N–H and O–H groups in total. The summed E-state index contributed by atoms with van der Waals surface area (Å²) in [6, 6.07) is 6.80. The van der Waals surface area contributed by atoms with E-state index in [1.54, 1.807) is 4.90 Å². The predicted molar refractivity (Wildman–Crippen MR) is 92.9 cm³/mol. The maximum absolute atomic E-state index is 12.4. The lowest BCUT2D eigenvalue weighted by Crippen LogP contribution is -2.52. The highest BCUT2D eigenvalue weighted by Gasteiger charge is 2.31. The second-order valence-electron chi connectivity index (χ2n) is 6.67. The lowest BCUT2D eigenvalue weighted by atomic mass is 10.1. The van der Waals surface area contributed by atoms with E-state index in [1.807, 2.05) is 31.2 Å². The molecule has 0 aromatic heterocycles. The Bertz CT molecular complexity index is 748. The van der Waals surface area contributed by atoms with Gasteiger partial charge in [-0.2, -0.15) is 0 Å². The van der Waals surface area contributed by atoms with E-state index in [-0.39, 0.29) is 31.2 Å². The number of hydrogen-bond donors (Lipinski definition) is 2. The Labute approximate surface area is 151 Å². The van der Waals surface area contributed by atoms with Gasteiger partial charge in [-0.25, -0.2) is 4.79 Å². The summed E-state index contributed by atoms with van der Waals surface area (Å²) in [5.74, 6) is -0.678. The summed E-state index contributed by atoms with van der Waals surface area (Å²) in [7, 11) is 0. The van der Waals surface area contributed by atoms with Crippen molar-refractivity contribution in [3.8, 4) is 0 Å². The van der Waals surface area contributed by atoms with E-state index < -0.39 is 18.0 Å². The van der Waals surface area contributed by atoms with Gasteiger partial charge in [0.2, 0.25) is 11.8 Å². The van der Waals surface area contributed by atoms with Gasteiger partial charge in [0, 0.05) is 26.1 Å². The maximum atomic E-state index is 12.4. The summed E-state index contributed by atoms with van der Waals surface area (Å²) < 4.78 is 0. The van der Waals surface area contributed by atoms with Gasteiger partial charge in [0.05, 0.1) is 6.54 Å². The van der Waals surface area contributed by atoms with E-state index in [4.69, 9.17) is 0 Å². The number of amides is 5. The smallest absolute Gasteiger partial charge is 0.322 e. The highest BCUT2D eigenvalue weighted by molar-refractivity contribution is 6.04. The molecule has 138 valence electrons. The van der Waals surface area contributed by atoms with Crippen LogP contribution in [-0.4, -0.2) is 59.2 Å². The summed E-state index contributed by atoms with van der Waals surface area (Å²) >= 11 is 0. The summed E-state index contributed by atoms with van der Waals surface area (Å²) in [4.78, 5) is 50.5. The number of carbonyl (C=O) groups is 4. The van der Waals surface area contributed by atoms with Crippen LogP contribution in [0.1, 0.15) is 24.0 Å². The second-order valence-corrected chi connectivity index (χ2v) is 6.67. The minimum atomic E-state index is -0.676. The third-order valence-corrected chi connectivity index (χ3v) is 4.63. The van der Waals surface area contributed by atoms with E-state index >= 15 is 0 Å². The Kier molecular flexibility index (Phi) is 5.20. The Morgan fingerprint density at radius 3 is 2.69 bits per heavy atom. The first-order chi connectivity index (χ1) is 12.4. The number of imide groups is 1. The molecule has 2 fully saturated rings. The molecule has 3 rings (SSSR count). The summed E-state index contributed by atoms with van der Waals surface area (Å²) in [5, 5.41) is 4.60. The fourth-order valence-electron chi connectivity index (χ4n) is 3.21. The number of nitrogens with zero attached hydrogens (tertiary/aromatic N) is 2. The molecule has 2 aliphatic heterocycles. The lowest BCUT2D eigenvalue weighted by Gasteiger charge is -2.34. The molecular weight excluding hydrogens is 336 g/mol. The minimum absolute atomic E-state index is 0.0495. The number of benzene rings is 1. The van der Waals surface area contributed by atoms with Gasteiger partial charge in [-0.1, -0.05) is 29.8 Å². The first-order valence-corrected chi connectivity index (χ1v) is 8.65. The zero-order chi connectivity index (χ0) is 18.7. The Balaban J connectivity index is 1.48. The predicted octanol–water partition coefficient (Wildman–Crippen LogP) is 0.154. The molecule has 8 nitrogen and oxygen atoms in total. The van der Waals surface area contributed by atoms with E-state index in [9.17, 15) is 19.2 Å². The highest BCUT2D eigenvalue weighted by Crippen LogP contribution is 2.13. The van der Waals surface area contributed by atoms with Crippen LogP contribution < -0.4 is 10.6 Å². The molecule has 0 spiro atoms. The van der Waals surface area contributed by atoms with Crippen LogP contribution in [0.25, 0.3) is 0 Å². The van der Waals surface area contributed by atoms with Gasteiger partial charge in [-0.15, -0.1) is 0 Å². The minimum Gasteiger partial charge on any atom is -0.335 e. The molecule has 0 saturated carbocycles. The van der Waals surface area contributed by atoms with Crippen molar-refractivity contribution < 1.29 is 19.2 Å². The van der Waals surface area contributed by atoms with Crippen molar-refractivity contribution in [3.63, 3.8) is 0 Å². The van der Waals surface area contributed by atoms with Crippen LogP contribution in [0.15, 0.2) is 24.3 Å². The number of rotatable bonds is 5. The molecule has 0 aliphatic carbocycles. The topological polar surface area (TPSA) is 98.8 Å². The van der Waals surface area contributed by atoms with E-state index in [0.29, 0.717) is 19.6 Å². The van der Waals surface area contributed by atoms with Crippen LogP contribution >= 0.6 is 0 Å². The van der Waals surface area contributed by atoms with Crippen molar-refractivity contribution >= 4 is 23.8 Å². The zero-order valence-electron chi connectivity index (χ0n) is 14.7. The molecule has 1 aromatic carbocycles. The summed E-state index contributed by atoms with van der Waals surface area (Å²) in [5.41, 5.74) is 2.22. The molecule has 26 heavy (non-hydrogen) atoms. The number of nitrogens with one attached hydrogen (secondary N) is 2. The van der Waals surface area contributed by atoms with Crippen LogP contribution in [0.5, 0.6) is 0 Å².